The van der Waals surface area contributed by atoms with Crippen LogP contribution in [0, 0.1) is 17.8 Å². The number of nitrogens with two attached hydrogens (primary N) is 1. The number of hydrogen-bond donors (Lipinski definition) is 5. The predicted octanol–water partition coefficient (Wildman–Crippen LogP) is 2.68. The van der Waals surface area contributed by atoms with E-state index in [1.165, 1.54) is 0 Å². The number of aliphatic hydroxyl groups excluding tert-OH is 2. The number of hydrogen-bond acceptors (Lipinski definition) is 8. The maximum absolute atomic E-state index is 14.5. The van der Waals surface area contributed by atoms with Crippen molar-refractivity contribution in [3.05, 3.63) is 45.2 Å². The number of primary amides is 1. The van der Waals surface area contributed by atoms with E-state index in [9.17, 15) is 42.9 Å². The van der Waals surface area contributed by atoms with Gasteiger partial charge in [-0.3, -0.25) is 19.3 Å². The van der Waals surface area contributed by atoms with Crippen molar-refractivity contribution in [3.8, 4) is 5.75 Å². The third kappa shape index (κ3) is 4.03. The summed E-state index contributed by atoms with van der Waals surface area (Å²) in [5, 5.41) is 36.0. The minimum absolute atomic E-state index is 0.0178. The molecule has 39 heavy (non-hydrogen) atoms. The largest absolute Gasteiger partial charge is 0.510 e. The lowest BCUT2D eigenvalue weighted by molar-refractivity contribution is -0.139. The molecule has 1 amide bonds. The Morgan fingerprint density at radius 1 is 1.21 bits per heavy atom. The van der Waals surface area contributed by atoms with E-state index >= 15 is 0 Å². The average Bonchev–Trinajstić information content (AvgIpc) is 3.37. The van der Waals surface area contributed by atoms with Crippen LogP contribution in [0.4, 0.5) is 13.2 Å². The lowest BCUT2D eigenvalue weighted by Gasteiger charge is -2.46. The van der Waals surface area contributed by atoms with Gasteiger partial charge in [0.05, 0.1) is 23.1 Å². The molecule has 1 aliphatic heterocycles. The highest BCUT2D eigenvalue weighted by Crippen LogP contribution is 2.53. The van der Waals surface area contributed by atoms with Crippen LogP contribution in [0.25, 0.3) is 5.76 Å². The zero-order valence-corrected chi connectivity index (χ0v) is 21.4. The number of rotatable bonds is 4. The first-order valence-corrected chi connectivity index (χ1v) is 12.9. The number of halogens is 3. The summed E-state index contributed by atoms with van der Waals surface area (Å²) in [6.45, 7) is 2.65. The summed E-state index contributed by atoms with van der Waals surface area (Å²) in [4.78, 5) is 40.8. The minimum Gasteiger partial charge on any atom is -0.510 e. The Morgan fingerprint density at radius 2 is 1.90 bits per heavy atom. The van der Waals surface area contributed by atoms with E-state index in [0.717, 1.165) is 6.07 Å². The van der Waals surface area contributed by atoms with E-state index in [-0.39, 0.29) is 29.5 Å². The van der Waals surface area contributed by atoms with Crippen LogP contribution in [0.15, 0.2) is 23.0 Å². The second-order valence-corrected chi connectivity index (χ2v) is 10.8. The molecule has 4 aliphatic rings. The first-order valence-electron chi connectivity index (χ1n) is 12.9. The standard InChI is InChI=1S/C27H30F3N3O6/c1-3-33(2)21-13-8-10-7-12-17(15(34)9-11(14-5-4-6-32-14)20(12)27(28,29)30)22(35)16(10)23(36)18(13)24(37)19(25(21)38)26(31)39/h9-10,13-14,18,21,32,34-35,38H,3-8H2,1-2H3,(H2,31,39)/t10-,13+,14?,18?,21-/m0/s1. The molecule has 5 atom stereocenters. The van der Waals surface area contributed by atoms with E-state index in [1.807, 2.05) is 0 Å². The molecule has 1 heterocycles. The summed E-state index contributed by atoms with van der Waals surface area (Å²) in [5.74, 6) is -8.24. The van der Waals surface area contributed by atoms with Crippen LogP contribution < -0.4 is 11.1 Å². The Morgan fingerprint density at radius 3 is 2.46 bits per heavy atom. The second-order valence-electron chi connectivity index (χ2n) is 10.8. The molecular weight excluding hydrogens is 519 g/mol. The Hall–Kier alpha value is -3.38. The van der Waals surface area contributed by atoms with Gasteiger partial charge in [0.25, 0.3) is 5.91 Å². The number of carbonyl (C=O) groups is 3. The number of carbonyl (C=O) groups excluding carboxylic acids is 3. The highest BCUT2D eigenvalue weighted by Gasteiger charge is 2.56. The Kier molecular flexibility index (Phi) is 6.53. The van der Waals surface area contributed by atoms with Gasteiger partial charge in [-0.25, -0.2) is 0 Å². The highest BCUT2D eigenvalue weighted by molar-refractivity contribution is 6.28. The van der Waals surface area contributed by atoms with E-state index in [1.54, 1.807) is 18.9 Å². The molecule has 2 fully saturated rings. The molecule has 5 rings (SSSR count). The zero-order chi connectivity index (χ0) is 28.5. The molecule has 12 heteroatoms. The Balaban J connectivity index is 1.70. The van der Waals surface area contributed by atoms with Crippen LogP contribution in [0.3, 0.4) is 0 Å². The monoisotopic (exact) mass is 549 g/mol. The van der Waals surface area contributed by atoms with E-state index in [4.69, 9.17) is 5.73 Å². The van der Waals surface area contributed by atoms with Crippen LogP contribution >= 0.6 is 0 Å². The van der Waals surface area contributed by atoms with Crippen molar-refractivity contribution in [2.75, 3.05) is 20.1 Å². The molecule has 0 aromatic heterocycles. The first kappa shape index (κ1) is 27.2. The summed E-state index contributed by atoms with van der Waals surface area (Å²) in [7, 11) is 1.62. The number of aromatic hydroxyl groups is 1. The molecule has 6 N–H and O–H groups in total. The molecule has 1 aromatic rings. The highest BCUT2D eigenvalue weighted by atomic mass is 19.4. The molecule has 9 nitrogen and oxygen atoms in total. The molecule has 0 radical (unpaired) electrons. The summed E-state index contributed by atoms with van der Waals surface area (Å²) < 4.78 is 43.6. The van der Waals surface area contributed by atoms with Gasteiger partial charge < -0.3 is 26.4 Å². The van der Waals surface area contributed by atoms with Gasteiger partial charge in [0.2, 0.25) is 0 Å². The van der Waals surface area contributed by atoms with Crippen molar-refractivity contribution in [2.45, 2.75) is 50.9 Å². The molecular formula is C27H30F3N3O6. The van der Waals surface area contributed by atoms with Gasteiger partial charge in [0.15, 0.2) is 11.6 Å². The van der Waals surface area contributed by atoms with Crippen molar-refractivity contribution in [1.82, 2.24) is 10.2 Å². The summed E-state index contributed by atoms with van der Waals surface area (Å²) in [6.07, 6.45) is -4.02. The molecule has 1 saturated heterocycles. The van der Waals surface area contributed by atoms with Gasteiger partial charge in [0, 0.05) is 11.6 Å². The van der Waals surface area contributed by atoms with Gasteiger partial charge >= 0.3 is 6.18 Å². The number of allylic oxidation sites excluding steroid dienone is 1. The van der Waals surface area contributed by atoms with Crippen molar-refractivity contribution >= 4 is 23.2 Å². The maximum Gasteiger partial charge on any atom is 0.417 e. The normalized spacial score (nSPS) is 29.0. The molecule has 0 spiro atoms. The smallest absolute Gasteiger partial charge is 0.417 e. The van der Waals surface area contributed by atoms with Crippen LogP contribution in [-0.4, -0.2) is 63.9 Å². The molecule has 2 unspecified atom stereocenters. The fourth-order valence-corrected chi connectivity index (χ4v) is 7.03. The van der Waals surface area contributed by atoms with Gasteiger partial charge in [-0.1, -0.05) is 6.92 Å². The number of nitrogens with zero attached hydrogens (tertiary/aromatic N) is 1. The molecule has 1 aromatic carbocycles. The number of ketones is 2. The number of nitrogens with one attached hydrogen (secondary N) is 1. The van der Waals surface area contributed by atoms with Crippen LogP contribution in [0.1, 0.15) is 54.5 Å². The van der Waals surface area contributed by atoms with Crippen molar-refractivity contribution in [3.63, 3.8) is 0 Å². The van der Waals surface area contributed by atoms with Gasteiger partial charge in [-0.05, 0) is 74.8 Å². The minimum atomic E-state index is -4.81. The lowest BCUT2D eigenvalue weighted by Crippen LogP contribution is -2.56. The predicted molar refractivity (Wildman–Crippen MR) is 132 cm³/mol. The average molecular weight is 550 g/mol. The Labute approximate surface area is 222 Å². The van der Waals surface area contributed by atoms with Crippen LogP contribution in [0.2, 0.25) is 0 Å². The number of benzene rings is 1. The number of phenols is 1. The molecule has 0 bridgehead atoms. The zero-order valence-electron chi connectivity index (χ0n) is 21.4. The number of phenolic OH excluding ortho intramolecular Hbond substituents is 1. The number of fused-ring (bicyclic) bond motifs is 3. The van der Waals surface area contributed by atoms with E-state index in [0.29, 0.717) is 25.9 Å². The Bertz CT molecular complexity index is 1340. The fourth-order valence-electron chi connectivity index (χ4n) is 7.03. The lowest BCUT2D eigenvalue weighted by atomic mass is 9.59. The maximum atomic E-state index is 14.5. The SMILES string of the molecule is CCN(C)[C@@H]1C(O)=C(C(N)=O)C(=O)C2C(=O)C3=C(O)c4c(O)cc(C5CCCN5)c(C(F)(F)F)c4C[C@H]3C[C@H]21. The third-order valence-corrected chi connectivity index (χ3v) is 8.73. The quantitative estimate of drug-likeness (QED) is 0.284. The number of amides is 1. The van der Waals surface area contributed by atoms with Gasteiger partial charge in [-0.2, -0.15) is 13.2 Å². The van der Waals surface area contributed by atoms with Crippen LogP contribution in [-0.2, 0) is 27.0 Å². The number of likely N-dealkylation sites (N-methyl/N-ethyl adjacent to an activating group) is 1. The van der Waals surface area contributed by atoms with Crippen molar-refractivity contribution in [2.24, 2.45) is 23.5 Å². The van der Waals surface area contributed by atoms with Crippen molar-refractivity contribution in [1.29, 1.82) is 0 Å². The van der Waals surface area contributed by atoms with Gasteiger partial charge in [-0.15, -0.1) is 0 Å². The first-order chi connectivity index (χ1) is 18.3. The van der Waals surface area contributed by atoms with Crippen LogP contribution in [0.5, 0.6) is 5.75 Å². The van der Waals surface area contributed by atoms with E-state index in [2.05, 4.69) is 5.32 Å². The topological polar surface area (TPSA) is 153 Å². The molecule has 3 aliphatic carbocycles. The number of alkyl halides is 3. The molecule has 210 valence electrons. The summed E-state index contributed by atoms with van der Waals surface area (Å²) >= 11 is 0. The fraction of sp³-hybridized carbons (Fsp3) is 0.519. The summed E-state index contributed by atoms with van der Waals surface area (Å²) in [6, 6.07) is -0.601. The number of Topliss-reactive ketones (excluding diaryl/α,β-unsaturated/α-hetero) is 2. The number of aliphatic hydroxyl groups is 2. The second kappa shape index (κ2) is 9.37. The van der Waals surface area contributed by atoms with E-state index < -0.39 is 87.5 Å². The third-order valence-electron chi connectivity index (χ3n) is 8.73. The molecule has 1 saturated carbocycles. The summed E-state index contributed by atoms with van der Waals surface area (Å²) in [5.41, 5.74) is 2.59. The van der Waals surface area contributed by atoms with Crippen molar-refractivity contribution < 1.29 is 42.9 Å². The van der Waals surface area contributed by atoms with Gasteiger partial charge in [0.1, 0.15) is 22.8 Å².